The van der Waals surface area contributed by atoms with Gasteiger partial charge in [-0.05, 0) is 11.2 Å². The molecule has 0 saturated carbocycles. The van der Waals surface area contributed by atoms with E-state index in [1.807, 2.05) is 0 Å². The molecule has 1 aromatic heterocycles. The van der Waals surface area contributed by atoms with Gasteiger partial charge >= 0.3 is 0 Å². The first-order chi connectivity index (χ1) is 4.84. The summed E-state index contributed by atoms with van der Waals surface area (Å²) in [6, 6.07) is 0. The Labute approximate surface area is 66.9 Å². The Morgan fingerprint density at radius 3 is 3.40 bits per heavy atom. The van der Waals surface area contributed by atoms with E-state index in [2.05, 4.69) is 15.6 Å². The minimum Gasteiger partial charge on any atom is -0.374 e. The Balaban J connectivity index is 2.91. The minimum absolute atomic E-state index is 0.361. The molecule has 1 N–H and O–H groups in total. The van der Waals surface area contributed by atoms with E-state index in [0.29, 0.717) is 8.51 Å². The molecular formula is C2H5ClN3OP3. The second kappa shape index (κ2) is 4.10. The third-order valence-corrected chi connectivity index (χ3v) is 5.35. The van der Waals surface area contributed by atoms with Gasteiger partial charge in [-0.1, -0.05) is 6.58 Å². The molecule has 0 aromatic carbocycles. The maximum absolute atomic E-state index is 5.77. The van der Waals surface area contributed by atoms with E-state index in [9.17, 15) is 0 Å². The summed E-state index contributed by atoms with van der Waals surface area (Å²) in [5, 5.41) is 0. The average Bonchev–Trinajstić information content (AvgIpc) is 1.94. The van der Waals surface area contributed by atoms with Crippen LogP contribution in [0.5, 0.6) is 0 Å². The predicted molar refractivity (Wildman–Crippen MR) is 47.0 cm³/mol. The van der Waals surface area contributed by atoms with Crippen LogP contribution in [-0.4, -0.2) is 13.3 Å². The van der Waals surface area contributed by atoms with Crippen LogP contribution in [0.1, 0.15) is 0 Å². The molecule has 1 rings (SSSR count). The van der Waals surface area contributed by atoms with E-state index in [1.165, 1.54) is 6.26 Å². The smallest absolute Gasteiger partial charge is 0.193 e. The summed E-state index contributed by atoms with van der Waals surface area (Å²) in [4.78, 5) is 4.94. The molecule has 0 aliphatic heterocycles. The summed E-state index contributed by atoms with van der Waals surface area (Å²) < 4.78 is 8.52. The van der Waals surface area contributed by atoms with Crippen molar-refractivity contribution in [3.63, 3.8) is 0 Å². The predicted octanol–water partition coefficient (Wildman–Crippen LogP) is 2.51. The molecule has 0 fully saturated rings. The molecule has 2 unspecified atom stereocenters. The van der Waals surface area contributed by atoms with Crippen molar-refractivity contribution in [2.24, 2.45) is 0 Å². The molecule has 8 heteroatoms. The molecule has 0 saturated heterocycles. The summed E-state index contributed by atoms with van der Waals surface area (Å²) in [5.41, 5.74) is 0. The van der Waals surface area contributed by atoms with E-state index in [-0.39, 0.29) is 0 Å². The molecule has 56 valence electrons. The lowest BCUT2D eigenvalue weighted by molar-refractivity contribution is 0.274. The van der Waals surface area contributed by atoms with Gasteiger partial charge in [0.25, 0.3) is 0 Å². The lowest BCUT2D eigenvalue weighted by Gasteiger charge is -2.02. The van der Waals surface area contributed by atoms with Gasteiger partial charge in [0.2, 0.25) is 0 Å². The SMILES string of the molecule is C=COn1[pH][nH]pnp1Cl. The second-order valence-corrected chi connectivity index (χ2v) is 5.77. The number of nitrogens with zero attached hydrogens (tertiary/aromatic N) is 2. The summed E-state index contributed by atoms with van der Waals surface area (Å²) in [5.74, 6) is 0. The van der Waals surface area contributed by atoms with Gasteiger partial charge in [0.05, 0.1) is 8.51 Å². The van der Waals surface area contributed by atoms with Crippen molar-refractivity contribution < 1.29 is 4.84 Å². The first-order valence-corrected chi connectivity index (χ1v) is 6.24. The molecule has 2 atom stereocenters. The highest BCUT2D eigenvalue weighted by atomic mass is 35.7. The van der Waals surface area contributed by atoms with Gasteiger partial charge in [-0.2, -0.15) is 4.51 Å². The van der Waals surface area contributed by atoms with Crippen LogP contribution in [0.4, 0.5) is 0 Å². The fourth-order valence-corrected chi connectivity index (χ4v) is 4.14. The van der Waals surface area contributed by atoms with Crippen molar-refractivity contribution in [3.8, 4) is 0 Å². The van der Waals surface area contributed by atoms with Crippen LogP contribution in [-0.2, 0) is 0 Å². The first-order valence-electron chi connectivity index (χ1n) is 2.29. The molecule has 4 nitrogen and oxygen atoms in total. The fraction of sp³-hybridized carbons (Fsp3) is 0. The fourth-order valence-electron chi connectivity index (χ4n) is 0.338. The van der Waals surface area contributed by atoms with E-state index >= 15 is 0 Å². The van der Waals surface area contributed by atoms with Gasteiger partial charge in [0, 0.05) is 0 Å². The maximum Gasteiger partial charge on any atom is 0.193 e. The van der Waals surface area contributed by atoms with Gasteiger partial charge in [0.1, 0.15) is 14.8 Å². The Hall–Kier alpha value is 0.130. The third-order valence-electron chi connectivity index (χ3n) is 0.638. The summed E-state index contributed by atoms with van der Waals surface area (Å²) >= 11 is 5.77. The highest BCUT2D eigenvalue weighted by Crippen LogP contribution is 2.30. The zero-order chi connectivity index (χ0) is 7.40. The number of H-pyrrole nitrogens is 1. The van der Waals surface area contributed by atoms with Crippen LogP contribution in [0.3, 0.4) is 0 Å². The van der Waals surface area contributed by atoms with Crippen molar-refractivity contribution in [2.45, 2.75) is 0 Å². The molecule has 0 amide bonds. The van der Waals surface area contributed by atoms with Crippen molar-refractivity contribution >= 4 is 35.5 Å². The molecule has 1 heterocycles. The number of hydrogen-bond acceptors (Lipinski definition) is 2. The third kappa shape index (κ3) is 2.07. The van der Waals surface area contributed by atoms with Crippen LogP contribution in [0, 0.1) is 0 Å². The monoisotopic (exact) mass is 215 g/mol. The summed E-state index contributed by atoms with van der Waals surface area (Å²) in [6.07, 6.45) is 1.34. The number of aromatic nitrogens is 3. The molecule has 0 spiro atoms. The standard InChI is InChI=1S/C2H5ClN3OP3/c1-2-7-6-9-4-8-5-10(6)3/h2,9H,1H2,(H,4,5). The lowest BCUT2D eigenvalue weighted by Crippen LogP contribution is -1.96. The van der Waals surface area contributed by atoms with Crippen LogP contribution in [0.15, 0.2) is 12.8 Å². The Bertz CT molecular complexity index is 245. The van der Waals surface area contributed by atoms with Crippen molar-refractivity contribution in [2.75, 3.05) is 0 Å². The zero-order valence-corrected chi connectivity index (χ0v) is 8.40. The zero-order valence-electron chi connectivity index (χ0n) is 4.86. The Kier molecular flexibility index (Phi) is 3.37. The molecular weight excluding hydrogens is 210 g/mol. The van der Waals surface area contributed by atoms with Gasteiger partial charge in [-0.15, -0.1) is 4.26 Å². The molecule has 0 bridgehead atoms. The molecule has 0 aliphatic carbocycles. The number of aromatic amines is 1. The van der Waals surface area contributed by atoms with Crippen molar-refractivity contribution in [3.05, 3.63) is 12.8 Å². The van der Waals surface area contributed by atoms with Crippen LogP contribution >= 0.6 is 35.5 Å². The normalized spacial score (nSPS) is 12.3. The quantitative estimate of drug-likeness (QED) is 0.770. The lowest BCUT2D eigenvalue weighted by atomic mass is 11.2. The van der Waals surface area contributed by atoms with E-state index in [0.717, 1.165) is 8.51 Å². The van der Waals surface area contributed by atoms with E-state index in [1.54, 1.807) is 4.26 Å². The molecule has 10 heavy (non-hydrogen) atoms. The minimum atomic E-state index is -0.986. The highest BCUT2D eigenvalue weighted by Gasteiger charge is 1.91. The molecule has 1 aromatic rings. The number of nitrogens with one attached hydrogen (secondary N) is 1. The summed E-state index contributed by atoms with van der Waals surface area (Å²) in [6.45, 7) is 3.41. The van der Waals surface area contributed by atoms with Crippen LogP contribution in [0.2, 0.25) is 0 Å². The Morgan fingerprint density at radius 1 is 2.00 bits per heavy atom. The molecule has 0 aliphatic rings. The van der Waals surface area contributed by atoms with Gasteiger partial charge < -0.3 is 4.84 Å². The molecule has 0 radical (unpaired) electrons. The topological polar surface area (TPSA) is 42.8 Å². The number of hydrogen-bond donors (Lipinski definition) is 1. The largest absolute Gasteiger partial charge is 0.374 e. The van der Waals surface area contributed by atoms with Crippen molar-refractivity contribution in [1.82, 2.24) is 13.3 Å². The van der Waals surface area contributed by atoms with Gasteiger partial charge in [-0.3, -0.25) is 4.51 Å². The number of halogens is 1. The first kappa shape index (κ1) is 8.23. The number of rotatable bonds is 2. The van der Waals surface area contributed by atoms with Crippen LogP contribution < -0.4 is 4.84 Å². The van der Waals surface area contributed by atoms with Crippen molar-refractivity contribution in [1.29, 1.82) is 0 Å². The van der Waals surface area contributed by atoms with E-state index < -0.39 is 7.20 Å². The van der Waals surface area contributed by atoms with Gasteiger partial charge in [0.15, 0.2) is 7.20 Å². The average molecular weight is 215 g/mol. The summed E-state index contributed by atoms with van der Waals surface area (Å²) in [7, 11) is 0.205. The van der Waals surface area contributed by atoms with Gasteiger partial charge in [-0.25, -0.2) is 0 Å². The maximum atomic E-state index is 5.77. The van der Waals surface area contributed by atoms with E-state index in [4.69, 9.17) is 16.1 Å². The Morgan fingerprint density at radius 2 is 2.80 bits per heavy atom. The second-order valence-electron chi connectivity index (χ2n) is 1.20. The van der Waals surface area contributed by atoms with Crippen LogP contribution in [0.25, 0.3) is 0 Å². The highest BCUT2D eigenvalue weighted by molar-refractivity contribution is 7.75.